The van der Waals surface area contributed by atoms with Crippen LogP contribution in [0.2, 0.25) is 0 Å². The Hall–Kier alpha value is -0.570. The summed E-state index contributed by atoms with van der Waals surface area (Å²) in [4.78, 5) is 11.5. The Balaban J connectivity index is 2.43. The van der Waals surface area contributed by atoms with Gasteiger partial charge in [-0.05, 0) is 47.3 Å². The molecule has 1 aliphatic carbocycles. The van der Waals surface area contributed by atoms with Crippen molar-refractivity contribution in [1.82, 2.24) is 4.57 Å². The summed E-state index contributed by atoms with van der Waals surface area (Å²) in [5.41, 5.74) is 0.0993. The van der Waals surface area contributed by atoms with Crippen molar-refractivity contribution in [1.29, 1.82) is 0 Å². The summed E-state index contributed by atoms with van der Waals surface area (Å²) in [6, 6.07) is 4.15. The topological polar surface area (TPSA) is 22.0 Å². The van der Waals surface area contributed by atoms with Crippen LogP contribution in [-0.2, 0) is 0 Å². The predicted octanol–water partition coefficient (Wildman–Crippen LogP) is 2.34. The molecule has 2 rings (SSSR count). The quantitative estimate of drug-likeness (QED) is 0.723. The van der Waals surface area contributed by atoms with Crippen LogP contribution in [0.4, 0.5) is 0 Å². The van der Waals surface area contributed by atoms with Gasteiger partial charge in [-0.25, -0.2) is 0 Å². The molecule has 1 aromatic heterocycles. The smallest absolute Gasteiger partial charge is 0.265 e. The van der Waals surface area contributed by atoms with Crippen LogP contribution in [0, 0.1) is 0 Å². The molecular weight excluding hydrogens is 218 g/mol. The Morgan fingerprint density at radius 3 is 2.83 bits per heavy atom. The van der Waals surface area contributed by atoms with Gasteiger partial charge in [-0.2, -0.15) is 0 Å². The van der Waals surface area contributed by atoms with Crippen LogP contribution >= 0.6 is 15.9 Å². The van der Waals surface area contributed by atoms with Gasteiger partial charge in [0.2, 0.25) is 0 Å². The van der Waals surface area contributed by atoms with E-state index in [9.17, 15) is 4.79 Å². The van der Waals surface area contributed by atoms with Gasteiger partial charge in [0, 0.05) is 12.2 Å². The fourth-order valence-electron chi connectivity index (χ4n) is 1.43. The first-order valence-corrected chi connectivity index (χ1v) is 4.95. The molecule has 12 heavy (non-hydrogen) atoms. The highest BCUT2D eigenvalue weighted by Crippen LogP contribution is 2.30. The van der Waals surface area contributed by atoms with Gasteiger partial charge in [-0.3, -0.25) is 4.79 Å². The molecule has 0 aliphatic heterocycles. The van der Waals surface area contributed by atoms with Crippen molar-refractivity contribution in [3.8, 4) is 0 Å². The van der Waals surface area contributed by atoms with Gasteiger partial charge >= 0.3 is 0 Å². The number of halogens is 1. The van der Waals surface area contributed by atoms with Crippen LogP contribution in [-0.4, -0.2) is 4.57 Å². The molecule has 0 N–H and O–H groups in total. The first kappa shape index (κ1) is 8.05. The van der Waals surface area contributed by atoms with Crippen LogP contribution in [0.5, 0.6) is 0 Å². The molecule has 0 atom stereocenters. The van der Waals surface area contributed by atoms with Crippen molar-refractivity contribution in [2.24, 2.45) is 0 Å². The first-order valence-electron chi connectivity index (χ1n) is 4.15. The first-order chi connectivity index (χ1) is 5.79. The SMILES string of the molecule is O=c1c(Br)cccn1C1CCC1. The van der Waals surface area contributed by atoms with E-state index < -0.39 is 0 Å². The summed E-state index contributed by atoms with van der Waals surface area (Å²) in [6.07, 6.45) is 5.42. The highest BCUT2D eigenvalue weighted by Gasteiger charge is 2.20. The largest absolute Gasteiger partial charge is 0.312 e. The minimum atomic E-state index is 0.0993. The van der Waals surface area contributed by atoms with Crippen molar-refractivity contribution >= 4 is 15.9 Å². The fraction of sp³-hybridized carbons (Fsp3) is 0.444. The number of nitrogens with zero attached hydrogens (tertiary/aromatic N) is 1. The third-order valence-corrected chi connectivity index (χ3v) is 3.00. The number of pyridine rings is 1. The minimum absolute atomic E-state index is 0.0993. The summed E-state index contributed by atoms with van der Waals surface area (Å²) in [6.45, 7) is 0. The van der Waals surface area contributed by atoms with E-state index in [4.69, 9.17) is 0 Å². The second-order valence-electron chi connectivity index (χ2n) is 3.15. The normalized spacial score (nSPS) is 17.4. The molecular formula is C9H10BrNO. The number of hydrogen-bond donors (Lipinski definition) is 0. The van der Waals surface area contributed by atoms with Gasteiger partial charge in [-0.1, -0.05) is 0 Å². The monoisotopic (exact) mass is 227 g/mol. The van der Waals surface area contributed by atoms with Gasteiger partial charge in [0.05, 0.1) is 4.47 Å². The molecule has 1 saturated carbocycles. The van der Waals surface area contributed by atoms with Crippen LogP contribution < -0.4 is 5.56 Å². The summed E-state index contributed by atoms with van der Waals surface area (Å²) in [7, 11) is 0. The van der Waals surface area contributed by atoms with Gasteiger partial charge in [0.15, 0.2) is 0 Å². The van der Waals surface area contributed by atoms with Gasteiger partial charge in [0.25, 0.3) is 5.56 Å². The average molecular weight is 228 g/mol. The van der Waals surface area contributed by atoms with E-state index in [1.165, 1.54) is 6.42 Å². The fourth-order valence-corrected chi connectivity index (χ4v) is 1.79. The van der Waals surface area contributed by atoms with E-state index >= 15 is 0 Å². The minimum Gasteiger partial charge on any atom is -0.312 e. The Labute approximate surface area is 79.3 Å². The molecule has 3 heteroatoms. The van der Waals surface area contributed by atoms with Crippen LogP contribution in [0.15, 0.2) is 27.6 Å². The maximum absolute atomic E-state index is 11.5. The molecule has 1 aliphatic rings. The predicted molar refractivity (Wildman–Crippen MR) is 51.3 cm³/mol. The van der Waals surface area contributed by atoms with Gasteiger partial charge in [-0.15, -0.1) is 0 Å². The molecule has 2 nitrogen and oxygen atoms in total. The third kappa shape index (κ3) is 1.22. The number of aromatic nitrogens is 1. The second-order valence-corrected chi connectivity index (χ2v) is 4.01. The van der Waals surface area contributed by atoms with Crippen LogP contribution in [0.3, 0.4) is 0 Å². The van der Waals surface area contributed by atoms with Crippen molar-refractivity contribution in [2.45, 2.75) is 25.3 Å². The van der Waals surface area contributed by atoms with Crippen molar-refractivity contribution in [2.75, 3.05) is 0 Å². The van der Waals surface area contributed by atoms with E-state index in [0.717, 1.165) is 12.8 Å². The van der Waals surface area contributed by atoms with E-state index in [0.29, 0.717) is 10.5 Å². The molecule has 1 heterocycles. The molecule has 64 valence electrons. The molecule has 0 radical (unpaired) electrons. The summed E-state index contributed by atoms with van der Waals surface area (Å²) in [5, 5.41) is 0. The second kappa shape index (κ2) is 3.05. The molecule has 0 amide bonds. The lowest BCUT2D eigenvalue weighted by molar-refractivity contribution is 0.306. The van der Waals surface area contributed by atoms with Crippen molar-refractivity contribution in [3.05, 3.63) is 33.2 Å². The van der Waals surface area contributed by atoms with Crippen molar-refractivity contribution < 1.29 is 0 Å². The average Bonchev–Trinajstić information content (AvgIpc) is 1.95. The Morgan fingerprint density at radius 2 is 2.25 bits per heavy atom. The standard InChI is InChI=1S/C9H10BrNO/c10-8-5-2-6-11(9(8)12)7-3-1-4-7/h2,5-7H,1,3-4H2. The lowest BCUT2D eigenvalue weighted by Gasteiger charge is -2.27. The molecule has 0 unspecified atom stereocenters. The van der Waals surface area contributed by atoms with E-state index in [-0.39, 0.29) is 5.56 Å². The third-order valence-electron chi connectivity index (χ3n) is 2.40. The zero-order chi connectivity index (χ0) is 8.55. The lowest BCUT2D eigenvalue weighted by Crippen LogP contribution is -2.28. The van der Waals surface area contributed by atoms with Crippen LogP contribution in [0.1, 0.15) is 25.3 Å². The van der Waals surface area contributed by atoms with Crippen molar-refractivity contribution in [3.63, 3.8) is 0 Å². The molecule has 0 spiro atoms. The zero-order valence-electron chi connectivity index (χ0n) is 6.66. The maximum Gasteiger partial charge on any atom is 0.265 e. The Morgan fingerprint density at radius 1 is 1.50 bits per heavy atom. The van der Waals surface area contributed by atoms with E-state index in [1.807, 2.05) is 16.8 Å². The molecule has 0 saturated heterocycles. The molecule has 1 fully saturated rings. The highest BCUT2D eigenvalue weighted by molar-refractivity contribution is 9.10. The van der Waals surface area contributed by atoms with Gasteiger partial charge in [0.1, 0.15) is 0 Å². The number of hydrogen-bond acceptors (Lipinski definition) is 1. The Kier molecular flexibility index (Phi) is 2.05. The Bertz CT molecular complexity index is 341. The molecule has 0 bridgehead atoms. The van der Waals surface area contributed by atoms with Crippen LogP contribution in [0.25, 0.3) is 0 Å². The lowest BCUT2D eigenvalue weighted by atomic mass is 9.93. The summed E-state index contributed by atoms with van der Waals surface area (Å²) >= 11 is 3.23. The summed E-state index contributed by atoms with van der Waals surface area (Å²) < 4.78 is 2.49. The van der Waals surface area contributed by atoms with E-state index in [2.05, 4.69) is 15.9 Å². The highest BCUT2D eigenvalue weighted by atomic mass is 79.9. The molecule has 0 aromatic carbocycles. The maximum atomic E-state index is 11.5. The van der Waals surface area contributed by atoms with Gasteiger partial charge < -0.3 is 4.57 Å². The zero-order valence-corrected chi connectivity index (χ0v) is 8.25. The summed E-state index contributed by atoms with van der Waals surface area (Å²) in [5.74, 6) is 0. The molecule has 1 aromatic rings. The number of rotatable bonds is 1. The van der Waals surface area contributed by atoms with E-state index in [1.54, 1.807) is 6.07 Å².